The SMILES string of the molecule is NC1=CC2N3C(c4ccc5nc(-c6ccc(N)cc6)[nH]c5c4)=NC23C=C1. The van der Waals surface area contributed by atoms with E-state index < -0.39 is 0 Å². The first-order valence-electron chi connectivity index (χ1n) is 8.56. The molecule has 3 aliphatic rings. The number of anilines is 1. The number of amidine groups is 1. The molecule has 126 valence electrons. The Morgan fingerprint density at radius 1 is 1.04 bits per heavy atom. The topological polar surface area (TPSA) is 96.1 Å². The van der Waals surface area contributed by atoms with Crippen molar-refractivity contribution in [2.75, 3.05) is 5.73 Å². The van der Waals surface area contributed by atoms with Crippen LogP contribution in [0.4, 0.5) is 5.69 Å². The number of imidazole rings is 1. The number of aromatic amines is 1. The van der Waals surface area contributed by atoms with Gasteiger partial charge in [-0.2, -0.15) is 0 Å². The molecular weight excluding hydrogens is 324 g/mol. The summed E-state index contributed by atoms with van der Waals surface area (Å²) < 4.78 is 0. The summed E-state index contributed by atoms with van der Waals surface area (Å²) in [5.41, 5.74) is 17.1. The lowest BCUT2D eigenvalue weighted by molar-refractivity contribution is 0.571. The second-order valence-electron chi connectivity index (χ2n) is 6.97. The van der Waals surface area contributed by atoms with Crippen molar-refractivity contribution in [2.24, 2.45) is 10.7 Å². The van der Waals surface area contributed by atoms with Gasteiger partial charge in [-0.25, -0.2) is 9.98 Å². The summed E-state index contributed by atoms with van der Waals surface area (Å²) in [5, 5.41) is 0. The Kier molecular flexibility index (Phi) is 2.29. The minimum atomic E-state index is -0.170. The predicted molar refractivity (Wildman–Crippen MR) is 102 cm³/mol. The van der Waals surface area contributed by atoms with E-state index in [9.17, 15) is 0 Å². The Morgan fingerprint density at radius 3 is 2.69 bits per heavy atom. The summed E-state index contributed by atoms with van der Waals surface area (Å²) in [6.07, 6.45) is 6.10. The molecule has 2 aliphatic heterocycles. The lowest BCUT2D eigenvalue weighted by Crippen LogP contribution is -2.32. The van der Waals surface area contributed by atoms with Crippen molar-refractivity contribution in [3.8, 4) is 11.4 Å². The number of hydrogen-bond acceptors (Lipinski definition) is 5. The number of hydrogen-bond donors (Lipinski definition) is 3. The Bertz CT molecular complexity index is 1170. The summed E-state index contributed by atoms with van der Waals surface area (Å²) in [6.45, 7) is 0. The van der Waals surface area contributed by atoms with Crippen molar-refractivity contribution in [2.45, 2.75) is 11.7 Å². The van der Waals surface area contributed by atoms with Gasteiger partial charge in [-0.05, 0) is 60.7 Å². The number of benzene rings is 2. The van der Waals surface area contributed by atoms with Gasteiger partial charge in [0.15, 0.2) is 5.66 Å². The van der Waals surface area contributed by atoms with Crippen molar-refractivity contribution < 1.29 is 0 Å². The van der Waals surface area contributed by atoms with Crippen LogP contribution in [0.25, 0.3) is 22.4 Å². The molecule has 1 fully saturated rings. The minimum absolute atomic E-state index is 0.170. The van der Waals surface area contributed by atoms with Crippen LogP contribution in [0, 0.1) is 0 Å². The molecule has 0 saturated carbocycles. The van der Waals surface area contributed by atoms with Gasteiger partial charge < -0.3 is 21.4 Å². The standard InChI is InChI=1S/C20H16N6/c21-13-4-1-11(2-5-13)18-23-15-6-3-12(9-16(15)24-18)19-25-20-8-7-14(22)10-17(20)26(19)20/h1-10,17H,21-22H2,(H,23,24). The number of aliphatic imine (C=N–C) groups is 1. The molecule has 0 bridgehead atoms. The lowest BCUT2D eigenvalue weighted by atomic mass is 10.1. The molecule has 6 rings (SSSR count). The molecule has 6 nitrogen and oxygen atoms in total. The molecule has 1 aliphatic carbocycles. The molecule has 1 saturated heterocycles. The van der Waals surface area contributed by atoms with Crippen molar-refractivity contribution >= 4 is 22.6 Å². The monoisotopic (exact) mass is 340 g/mol. The number of fused-ring (bicyclic) bond motifs is 2. The number of nitrogen functional groups attached to an aromatic ring is 1. The van der Waals surface area contributed by atoms with E-state index in [-0.39, 0.29) is 11.7 Å². The number of nitrogens with zero attached hydrogens (tertiary/aromatic N) is 3. The highest BCUT2D eigenvalue weighted by Gasteiger charge is 2.69. The van der Waals surface area contributed by atoms with E-state index in [0.717, 1.165) is 45.2 Å². The molecule has 3 heterocycles. The minimum Gasteiger partial charge on any atom is -0.399 e. The number of nitrogens with two attached hydrogens (primary N) is 2. The molecule has 0 radical (unpaired) electrons. The van der Waals surface area contributed by atoms with Gasteiger partial charge in [0, 0.05) is 22.5 Å². The third kappa shape index (κ3) is 1.65. The van der Waals surface area contributed by atoms with Crippen LogP contribution in [-0.4, -0.2) is 32.4 Å². The van der Waals surface area contributed by atoms with Crippen LogP contribution in [0.2, 0.25) is 0 Å². The van der Waals surface area contributed by atoms with Crippen molar-refractivity contribution in [3.63, 3.8) is 0 Å². The van der Waals surface area contributed by atoms with Gasteiger partial charge in [-0.1, -0.05) is 0 Å². The van der Waals surface area contributed by atoms with Crippen molar-refractivity contribution in [3.05, 3.63) is 72.0 Å². The largest absolute Gasteiger partial charge is 0.399 e. The van der Waals surface area contributed by atoms with Crippen LogP contribution in [0.5, 0.6) is 0 Å². The molecule has 5 N–H and O–H groups in total. The molecule has 2 unspecified atom stereocenters. The number of aromatic nitrogens is 2. The first-order chi connectivity index (χ1) is 12.6. The van der Waals surface area contributed by atoms with Crippen LogP contribution >= 0.6 is 0 Å². The Morgan fingerprint density at radius 2 is 1.85 bits per heavy atom. The summed E-state index contributed by atoms with van der Waals surface area (Å²) in [6, 6.07) is 14.2. The highest BCUT2D eigenvalue weighted by Crippen LogP contribution is 2.55. The fourth-order valence-electron chi connectivity index (χ4n) is 3.92. The van der Waals surface area contributed by atoms with Crippen LogP contribution in [-0.2, 0) is 0 Å². The molecule has 1 spiro atoms. The quantitative estimate of drug-likeness (QED) is 0.493. The normalized spacial score (nSPS) is 25.2. The second-order valence-corrected chi connectivity index (χ2v) is 6.97. The summed E-state index contributed by atoms with van der Waals surface area (Å²) in [7, 11) is 0. The molecule has 2 aromatic carbocycles. The van der Waals surface area contributed by atoms with Gasteiger partial charge in [0.1, 0.15) is 17.7 Å². The first kappa shape index (κ1) is 13.7. The van der Waals surface area contributed by atoms with Crippen molar-refractivity contribution in [1.29, 1.82) is 0 Å². The smallest absolute Gasteiger partial charge is 0.179 e. The Hall–Kier alpha value is -3.54. The van der Waals surface area contributed by atoms with E-state index in [1.807, 2.05) is 36.4 Å². The van der Waals surface area contributed by atoms with E-state index in [0.29, 0.717) is 0 Å². The van der Waals surface area contributed by atoms with E-state index in [1.54, 1.807) is 0 Å². The highest BCUT2D eigenvalue weighted by molar-refractivity contribution is 6.09. The molecule has 0 amide bonds. The van der Waals surface area contributed by atoms with Gasteiger partial charge in [0.2, 0.25) is 0 Å². The summed E-state index contributed by atoms with van der Waals surface area (Å²) in [4.78, 5) is 15.2. The van der Waals surface area contributed by atoms with Crippen LogP contribution in [0.3, 0.4) is 0 Å². The zero-order valence-corrected chi connectivity index (χ0v) is 13.8. The number of allylic oxidation sites excluding steroid dienone is 1. The number of H-pyrrole nitrogens is 1. The predicted octanol–water partition coefficient (Wildman–Crippen LogP) is 2.37. The third-order valence-corrected chi connectivity index (χ3v) is 5.34. The summed E-state index contributed by atoms with van der Waals surface area (Å²) in [5.74, 6) is 1.85. The maximum Gasteiger partial charge on any atom is 0.179 e. The van der Waals surface area contributed by atoms with Gasteiger partial charge in [-0.15, -0.1) is 0 Å². The maximum absolute atomic E-state index is 5.90. The average Bonchev–Trinajstić information content (AvgIpc) is 2.93. The number of nitrogens with one attached hydrogen (secondary N) is 1. The zero-order valence-electron chi connectivity index (χ0n) is 13.8. The third-order valence-electron chi connectivity index (χ3n) is 5.34. The molecule has 6 heteroatoms. The maximum atomic E-state index is 5.90. The first-order valence-corrected chi connectivity index (χ1v) is 8.56. The van der Waals surface area contributed by atoms with E-state index in [1.165, 1.54) is 0 Å². The van der Waals surface area contributed by atoms with E-state index in [4.69, 9.17) is 16.5 Å². The van der Waals surface area contributed by atoms with Gasteiger partial charge in [-0.3, -0.25) is 0 Å². The Labute approximate surface area is 149 Å². The molecule has 3 aromatic rings. The van der Waals surface area contributed by atoms with E-state index in [2.05, 4.69) is 39.2 Å². The fourth-order valence-corrected chi connectivity index (χ4v) is 3.92. The van der Waals surface area contributed by atoms with Gasteiger partial charge in [0.25, 0.3) is 0 Å². The average molecular weight is 340 g/mol. The van der Waals surface area contributed by atoms with Crippen LogP contribution in [0.1, 0.15) is 5.56 Å². The zero-order chi connectivity index (χ0) is 17.5. The van der Waals surface area contributed by atoms with Crippen LogP contribution in [0.15, 0.2) is 71.4 Å². The Balaban J connectivity index is 1.37. The molecule has 1 aromatic heterocycles. The molecule has 26 heavy (non-hydrogen) atoms. The van der Waals surface area contributed by atoms with Gasteiger partial charge in [0.05, 0.1) is 11.0 Å². The molecule has 2 atom stereocenters. The molecular formula is C20H16N6. The highest BCUT2D eigenvalue weighted by atomic mass is 15.6. The number of rotatable bonds is 2. The lowest BCUT2D eigenvalue weighted by Gasteiger charge is -2.23. The second kappa shape index (κ2) is 4.35. The summed E-state index contributed by atoms with van der Waals surface area (Å²) >= 11 is 0. The van der Waals surface area contributed by atoms with E-state index >= 15 is 0 Å². The van der Waals surface area contributed by atoms with Gasteiger partial charge >= 0.3 is 0 Å². The van der Waals surface area contributed by atoms with Crippen molar-refractivity contribution in [1.82, 2.24) is 14.9 Å². The van der Waals surface area contributed by atoms with Crippen LogP contribution < -0.4 is 11.5 Å². The fraction of sp³-hybridized carbons (Fsp3) is 0.100.